The van der Waals surface area contributed by atoms with Crippen LogP contribution in [0, 0.1) is 5.41 Å². The fourth-order valence-corrected chi connectivity index (χ4v) is 4.57. The summed E-state index contributed by atoms with van der Waals surface area (Å²) in [5.41, 5.74) is 5.74. The van der Waals surface area contributed by atoms with Gasteiger partial charge in [0.25, 0.3) is 0 Å². The second kappa shape index (κ2) is 7.44. The van der Waals surface area contributed by atoms with E-state index in [0.717, 1.165) is 51.4 Å². The van der Waals surface area contributed by atoms with Gasteiger partial charge in [-0.05, 0) is 73.7 Å². The van der Waals surface area contributed by atoms with Gasteiger partial charge in [0.2, 0.25) is 0 Å². The number of hydrogen-bond donors (Lipinski definition) is 0. The zero-order chi connectivity index (χ0) is 17.0. The van der Waals surface area contributed by atoms with Gasteiger partial charge in [-0.2, -0.15) is 0 Å². The SMILES string of the molecule is C1=CC(C(C2=CCCC=C2)(C2=CCCC=C2)C2=CCCC=C2)=CCC1. The molecule has 0 radical (unpaired) electrons. The smallest absolute Gasteiger partial charge is 0.0688 e. The fourth-order valence-electron chi connectivity index (χ4n) is 4.57. The van der Waals surface area contributed by atoms with E-state index < -0.39 is 0 Å². The van der Waals surface area contributed by atoms with E-state index in [1.807, 2.05) is 0 Å². The third-order valence-corrected chi connectivity index (χ3v) is 5.71. The van der Waals surface area contributed by atoms with Crippen LogP contribution in [0.4, 0.5) is 0 Å². The van der Waals surface area contributed by atoms with Gasteiger partial charge in [0.05, 0.1) is 5.41 Å². The first-order chi connectivity index (χ1) is 12.4. The normalized spacial score (nSPS) is 23.0. The first-order valence-corrected chi connectivity index (χ1v) is 9.91. The van der Waals surface area contributed by atoms with Gasteiger partial charge in [-0.15, -0.1) is 0 Å². The molecule has 0 heterocycles. The lowest BCUT2D eigenvalue weighted by atomic mass is 9.60. The van der Waals surface area contributed by atoms with E-state index in [9.17, 15) is 0 Å². The van der Waals surface area contributed by atoms with Crippen molar-refractivity contribution in [3.63, 3.8) is 0 Å². The Hall–Kier alpha value is -2.08. The van der Waals surface area contributed by atoms with Gasteiger partial charge >= 0.3 is 0 Å². The Morgan fingerprint density at radius 2 is 0.680 bits per heavy atom. The summed E-state index contributed by atoms with van der Waals surface area (Å²) in [5, 5.41) is 0. The molecule has 0 heteroatoms. The van der Waals surface area contributed by atoms with Crippen LogP contribution >= 0.6 is 0 Å². The minimum Gasteiger partial charge on any atom is -0.0839 e. The van der Waals surface area contributed by atoms with E-state index in [2.05, 4.69) is 72.9 Å². The molecule has 0 unspecified atom stereocenters. The molecule has 0 fully saturated rings. The van der Waals surface area contributed by atoms with E-state index in [-0.39, 0.29) is 5.41 Å². The maximum Gasteiger partial charge on any atom is 0.0688 e. The quantitative estimate of drug-likeness (QED) is 0.517. The molecule has 0 bridgehead atoms. The van der Waals surface area contributed by atoms with E-state index in [1.165, 1.54) is 22.3 Å². The van der Waals surface area contributed by atoms with E-state index in [0.29, 0.717) is 0 Å². The summed E-state index contributed by atoms with van der Waals surface area (Å²) in [7, 11) is 0. The van der Waals surface area contributed by atoms with Crippen molar-refractivity contribution in [1.29, 1.82) is 0 Å². The Kier molecular flexibility index (Phi) is 4.88. The average Bonchev–Trinajstić information content (AvgIpc) is 2.72. The molecule has 0 aromatic rings. The summed E-state index contributed by atoms with van der Waals surface area (Å²) >= 11 is 0. The summed E-state index contributed by atoms with van der Waals surface area (Å²) in [6.07, 6.45) is 38.2. The Morgan fingerprint density at radius 1 is 0.400 bits per heavy atom. The van der Waals surface area contributed by atoms with Gasteiger partial charge in [-0.3, -0.25) is 0 Å². The van der Waals surface area contributed by atoms with Crippen LogP contribution in [-0.4, -0.2) is 0 Å². The van der Waals surface area contributed by atoms with Gasteiger partial charge in [-0.25, -0.2) is 0 Å². The van der Waals surface area contributed by atoms with Crippen molar-refractivity contribution in [1.82, 2.24) is 0 Å². The molecule has 0 saturated heterocycles. The van der Waals surface area contributed by atoms with Gasteiger partial charge in [0, 0.05) is 0 Å². The van der Waals surface area contributed by atoms with Crippen LogP contribution in [0.3, 0.4) is 0 Å². The number of rotatable bonds is 4. The van der Waals surface area contributed by atoms with E-state index in [1.54, 1.807) is 0 Å². The summed E-state index contributed by atoms with van der Waals surface area (Å²) in [6, 6.07) is 0. The van der Waals surface area contributed by atoms with E-state index >= 15 is 0 Å². The van der Waals surface area contributed by atoms with Crippen LogP contribution in [0.5, 0.6) is 0 Å². The average molecular weight is 328 g/mol. The highest BCUT2D eigenvalue weighted by Gasteiger charge is 2.42. The largest absolute Gasteiger partial charge is 0.0839 e. The topological polar surface area (TPSA) is 0 Å². The molecule has 128 valence electrons. The van der Waals surface area contributed by atoms with Crippen molar-refractivity contribution < 1.29 is 0 Å². The van der Waals surface area contributed by atoms with Crippen molar-refractivity contribution >= 4 is 0 Å². The highest BCUT2D eigenvalue weighted by atomic mass is 14.4. The summed E-state index contributed by atoms with van der Waals surface area (Å²) in [4.78, 5) is 0. The second-order valence-electron chi connectivity index (χ2n) is 7.31. The molecule has 0 atom stereocenters. The first kappa shape index (κ1) is 16.4. The molecule has 0 aromatic carbocycles. The van der Waals surface area contributed by atoms with Crippen LogP contribution in [0.2, 0.25) is 0 Å². The van der Waals surface area contributed by atoms with Crippen LogP contribution < -0.4 is 0 Å². The maximum atomic E-state index is 2.48. The zero-order valence-electron chi connectivity index (χ0n) is 15.1. The minimum absolute atomic E-state index is 0.123. The van der Waals surface area contributed by atoms with Crippen molar-refractivity contribution in [3.8, 4) is 0 Å². The molecular formula is C25H28. The Bertz CT molecular complexity index is 622. The molecule has 0 aromatic heterocycles. The number of allylic oxidation sites excluding steroid dienone is 16. The lowest BCUT2D eigenvalue weighted by molar-refractivity contribution is 0.634. The van der Waals surface area contributed by atoms with Crippen LogP contribution in [0.25, 0.3) is 0 Å². The minimum atomic E-state index is -0.123. The second-order valence-corrected chi connectivity index (χ2v) is 7.31. The molecule has 4 aliphatic carbocycles. The molecule has 0 N–H and O–H groups in total. The van der Waals surface area contributed by atoms with Gasteiger partial charge in [-0.1, -0.05) is 72.9 Å². The predicted molar refractivity (Wildman–Crippen MR) is 108 cm³/mol. The lowest BCUT2D eigenvalue weighted by Gasteiger charge is -2.42. The van der Waals surface area contributed by atoms with Gasteiger partial charge < -0.3 is 0 Å². The molecule has 0 saturated carbocycles. The summed E-state index contributed by atoms with van der Waals surface area (Å²) < 4.78 is 0. The van der Waals surface area contributed by atoms with Crippen molar-refractivity contribution in [2.75, 3.05) is 0 Å². The summed E-state index contributed by atoms with van der Waals surface area (Å²) in [5.74, 6) is 0. The Morgan fingerprint density at radius 3 is 0.880 bits per heavy atom. The van der Waals surface area contributed by atoms with Gasteiger partial charge in [0.15, 0.2) is 0 Å². The molecule has 0 aliphatic heterocycles. The van der Waals surface area contributed by atoms with Crippen molar-refractivity contribution in [2.45, 2.75) is 51.4 Å². The molecular weight excluding hydrogens is 300 g/mol. The fraction of sp³-hybridized carbons (Fsp3) is 0.360. The molecule has 0 amide bonds. The third kappa shape index (κ3) is 2.99. The van der Waals surface area contributed by atoms with Crippen LogP contribution in [-0.2, 0) is 0 Å². The van der Waals surface area contributed by atoms with Crippen molar-refractivity contribution in [2.24, 2.45) is 5.41 Å². The standard InChI is InChI=1S/C25H28/c1-5-13-21(14-6-1)25(22-15-7-2-8-16-22,23-17-9-3-10-18-23)24-19-11-4-12-20-24/h5,7,9,11,13-20H,1-4,6,8,10,12H2. The predicted octanol–water partition coefficient (Wildman–Crippen LogP) is 7.08. The van der Waals surface area contributed by atoms with Crippen LogP contribution in [0.15, 0.2) is 95.2 Å². The third-order valence-electron chi connectivity index (χ3n) is 5.71. The first-order valence-electron chi connectivity index (χ1n) is 9.91. The maximum absolute atomic E-state index is 2.48. The number of hydrogen-bond acceptors (Lipinski definition) is 0. The monoisotopic (exact) mass is 328 g/mol. The Labute approximate surface area is 152 Å². The highest BCUT2D eigenvalue weighted by molar-refractivity contribution is 5.64. The molecule has 25 heavy (non-hydrogen) atoms. The molecule has 4 rings (SSSR count). The molecule has 0 nitrogen and oxygen atoms in total. The van der Waals surface area contributed by atoms with Crippen molar-refractivity contribution in [3.05, 3.63) is 95.2 Å². The van der Waals surface area contributed by atoms with Gasteiger partial charge in [0.1, 0.15) is 0 Å². The molecule has 0 spiro atoms. The Balaban J connectivity index is 1.96. The lowest BCUT2D eigenvalue weighted by Crippen LogP contribution is -2.31. The highest BCUT2D eigenvalue weighted by Crippen LogP contribution is 2.54. The summed E-state index contributed by atoms with van der Waals surface area (Å²) in [6.45, 7) is 0. The zero-order valence-corrected chi connectivity index (χ0v) is 15.1. The van der Waals surface area contributed by atoms with E-state index in [4.69, 9.17) is 0 Å². The van der Waals surface area contributed by atoms with Crippen LogP contribution in [0.1, 0.15) is 51.4 Å². The molecule has 4 aliphatic rings.